The highest BCUT2D eigenvalue weighted by atomic mass is 16.5. The molecule has 0 atom stereocenters. The Hall–Kier alpha value is -0.120. The van der Waals surface area contributed by atoms with Gasteiger partial charge < -0.3 is 15.2 Å². The SMILES string of the molecule is COC1CCC(NCCCCCO)CC1. The molecule has 0 spiro atoms. The van der Waals surface area contributed by atoms with Crippen LogP contribution in [0.3, 0.4) is 0 Å². The zero-order valence-corrected chi connectivity index (χ0v) is 9.87. The number of hydrogen-bond acceptors (Lipinski definition) is 3. The summed E-state index contributed by atoms with van der Waals surface area (Å²) in [5, 5.41) is 12.2. The monoisotopic (exact) mass is 215 g/mol. The van der Waals surface area contributed by atoms with Gasteiger partial charge in [0.15, 0.2) is 0 Å². The zero-order chi connectivity index (χ0) is 10.9. The molecule has 90 valence electrons. The van der Waals surface area contributed by atoms with Crippen molar-refractivity contribution in [2.75, 3.05) is 20.3 Å². The highest BCUT2D eigenvalue weighted by molar-refractivity contribution is 4.77. The summed E-state index contributed by atoms with van der Waals surface area (Å²) in [6.07, 6.45) is 8.66. The van der Waals surface area contributed by atoms with Gasteiger partial charge in [-0.1, -0.05) is 0 Å². The number of hydrogen-bond donors (Lipinski definition) is 2. The number of ether oxygens (including phenoxy) is 1. The minimum Gasteiger partial charge on any atom is -0.396 e. The second kappa shape index (κ2) is 8.08. The van der Waals surface area contributed by atoms with Gasteiger partial charge in [-0.25, -0.2) is 0 Å². The Kier molecular flexibility index (Phi) is 6.98. The molecule has 0 aromatic heterocycles. The van der Waals surface area contributed by atoms with E-state index in [0.717, 1.165) is 19.4 Å². The Balaban J connectivity index is 1.94. The first-order valence-electron chi connectivity index (χ1n) is 6.24. The van der Waals surface area contributed by atoms with E-state index in [9.17, 15) is 0 Å². The molecule has 1 rings (SSSR count). The molecule has 1 aliphatic carbocycles. The van der Waals surface area contributed by atoms with Crippen LogP contribution in [0.25, 0.3) is 0 Å². The van der Waals surface area contributed by atoms with Gasteiger partial charge in [0.1, 0.15) is 0 Å². The van der Waals surface area contributed by atoms with Crippen LogP contribution in [0.2, 0.25) is 0 Å². The maximum Gasteiger partial charge on any atom is 0.0572 e. The lowest BCUT2D eigenvalue weighted by atomic mass is 9.93. The topological polar surface area (TPSA) is 41.5 Å². The van der Waals surface area contributed by atoms with Crippen LogP contribution in [-0.4, -0.2) is 37.5 Å². The fourth-order valence-corrected chi connectivity index (χ4v) is 2.22. The Morgan fingerprint density at radius 3 is 2.47 bits per heavy atom. The molecule has 0 amide bonds. The van der Waals surface area contributed by atoms with Crippen LogP contribution < -0.4 is 5.32 Å². The lowest BCUT2D eigenvalue weighted by Crippen LogP contribution is -2.35. The standard InChI is InChI=1S/C12H25NO2/c1-15-12-7-5-11(6-8-12)13-9-3-2-4-10-14/h11-14H,2-10H2,1H3. The van der Waals surface area contributed by atoms with Crippen molar-refractivity contribution in [3.05, 3.63) is 0 Å². The lowest BCUT2D eigenvalue weighted by Gasteiger charge is -2.28. The average Bonchev–Trinajstić information content (AvgIpc) is 2.30. The van der Waals surface area contributed by atoms with E-state index in [0.29, 0.717) is 18.8 Å². The summed E-state index contributed by atoms with van der Waals surface area (Å²) >= 11 is 0. The molecule has 0 unspecified atom stereocenters. The van der Waals surface area contributed by atoms with Gasteiger partial charge in [-0.2, -0.15) is 0 Å². The number of aliphatic hydroxyl groups is 1. The molecule has 0 bridgehead atoms. The van der Waals surface area contributed by atoms with Crippen molar-refractivity contribution < 1.29 is 9.84 Å². The molecular weight excluding hydrogens is 190 g/mol. The van der Waals surface area contributed by atoms with Crippen LogP contribution in [0.1, 0.15) is 44.9 Å². The van der Waals surface area contributed by atoms with E-state index >= 15 is 0 Å². The van der Waals surface area contributed by atoms with Crippen LogP contribution >= 0.6 is 0 Å². The van der Waals surface area contributed by atoms with Crippen LogP contribution in [0.5, 0.6) is 0 Å². The van der Waals surface area contributed by atoms with Gasteiger partial charge in [-0.3, -0.25) is 0 Å². The summed E-state index contributed by atoms with van der Waals surface area (Å²) in [5.41, 5.74) is 0. The molecule has 0 heterocycles. The quantitative estimate of drug-likeness (QED) is 0.635. The fourth-order valence-electron chi connectivity index (χ4n) is 2.22. The second-order valence-electron chi connectivity index (χ2n) is 4.45. The smallest absolute Gasteiger partial charge is 0.0572 e. The molecule has 3 nitrogen and oxygen atoms in total. The van der Waals surface area contributed by atoms with Crippen LogP contribution in [0, 0.1) is 0 Å². The molecule has 2 N–H and O–H groups in total. The third-order valence-corrected chi connectivity index (χ3v) is 3.28. The molecule has 1 saturated carbocycles. The molecule has 0 saturated heterocycles. The van der Waals surface area contributed by atoms with Crippen molar-refractivity contribution in [1.29, 1.82) is 0 Å². The summed E-state index contributed by atoms with van der Waals surface area (Å²) in [4.78, 5) is 0. The average molecular weight is 215 g/mol. The van der Waals surface area contributed by atoms with E-state index in [1.165, 1.54) is 32.1 Å². The van der Waals surface area contributed by atoms with Crippen LogP contribution in [0.15, 0.2) is 0 Å². The van der Waals surface area contributed by atoms with Crippen molar-refractivity contribution in [2.24, 2.45) is 0 Å². The van der Waals surface area contributed by atoms with Gasteiger partial charge in [0.2, 0.25) is 0 Å². The molecule has 0 aromatic carbocycles. The molecular formula is C12H25NO2. The van der Waals surface area contributed by atoms with Crippen LogP contribution in [-0.2, 0) is 4.74 Å². The zero-order valence-electron chi connectivity index (χ0n) is 9.87. The Morgan fingerprint density at radius 2 is 1.87 bits per heavy atom. The van der Waals surface area contributed by atoms with Gasteiger partial charge in [0.25, 0.3) is 0 Å². The van der Waals surface area contributed by atoms with Crippen molar-refractivity contribution in [2.45, 2.75) is 57.1 Å². The number of methoxy groups -OCH3 is 1. The first kappa shape index (κ1) is 12.9. The van der Waals surface area contributed by atoms with Crippen molar-refractivity contribution in [1.82, 2.24) is 5.32 Å². The minimum absolute atomic E-state index is 0.332. The maximum atomic E-state index is 8.64. The Morgan fingerprint density at radius 1 is 1.13 bits per heavy atom. The summed E-state index contributed by atoms with van der Waals surface area (Å²) < 4.78 is 5.34. The summed E-state index contributed by atoms with van der Waals surface area (Å²) in [7, 11) is 1.81. The van der Waals surface area contributed by atoms with E-state index in [2.05, 4.69) is 5.32 Å². The molecule has 1 aliphatic rings. The molecule has 15 heavy (non-hydrogen) atoms. The Bertz CT molecular complexity index is 145. The first-order valence-corrected chi connectivity index (χ1v) is 6.24. The molecule has 1 fully saturated rings. The third kappa shape index (κ3) is 5.50. The van der Waals surface area contributed by atoms with E-state index < -0.39 is 0 Å². The highest BCUT2D eigenvalue weighted by Crippen LogP contribution is 2.20. The largest absolute Gasteiger partial charge is 0.396 e. The van der Waals surface area contributed by atoms with E-state index in [1.54, 1.807) is 0 Å². The maximum absolute atomic E-state index is 8.64. The van der Waals surface area contributed by atoms with E-state index in [4.69, 9.17) is 9.84 Å². The molecule has 0 aromatic rings. The summed E-state index contributed by atoms with van der Waals surface area (Å²) in [5.74, 6) is 0. The number of aliphatic hydroxyl groups excluding tert-OH is 1. The predicted octanol–water partition coefficient (Wildman–Crippen LogP) is 1.70. The van der Waals surface area contributed by atoms with Crippen molar-refractivity contribution in [3.8, 4) is 0 Å². The second-order valence-corrected chi connectivity index (χ2v) is 4.45. The van der Waals surface area contributed by atoms with Gasteiger partial charge >= 0.3 is 0 Å². The molecule has 0 radical (unpaired) electrons. The van der Waals surface area contributed by atoms with Crippen molar-refractivity contribution >= 4 is 0 Å². The van der Waals surface area contributed by atoms with Crippen molar-refractivity contribution in [3.63, 3.8) is 0 Å². The minimum atomic E-state index is 0.332. The molecule has 3 heteroatoms. The Labute approximate surface area is 93.2 Å². The van der Waals surface area contributed by atoms with Gasteiger partial charge in [0.05, 0.1) is 6.10 Å². The predicted molar refractivity (Wildman–Crippen MR) is 62.0 cm³/mol. The van der Waals surface area contributed by atoms with Gasteiger partial charge in [-0.05, 0) is 51.5 Å². The van der Waals surface area contributed by atoms with Gasteiger partial charge in [0, 0.05) is 19.8 Å². The summed E-state index contributed by atoms with van der Waals surface area (Å²) in [6, 6.07) is 0.700. The molecule has 0 aliphatic heterocycles. The fraction of sp³-hybridized carbons (Fsp3) is 1.00. The lowest BCUT2D eigenvalue weighted by molar-refractivity contribution is 0.0625. The number of unbranched alkanes of at least 4 members (excludes halogenated alkanes) is 2. The third-order valence-electron chi connectivity index (χ3n) is 3.28. The highest BCUT2D eigenvalue weighted by Gasteiger charge is 2.19. The number of rotatable bonds is 7. The summed E-state index contributed by atoms with van der Waals surface area (Å²) in [6.45, 7) is 1.43. The van der Waals surface area contributed by atoms with Gasteiger partial charge in [-0.15, -0.1) is 0 Å². The number of nitrogens with one attached hydrogen (secondary N) is 1. The normalized spacial score (nSPS) is 26.8. The van der Waals surface area contributed by atoms with E-state index in [-0.39, 0.29) is 0 Å². The van der Waals surface area contributed by atoms with Crippen LogP contribution in [0.4, 0.5) is 0 Å². The van der Waals surface area contributed by atoms with E-state index in [1.807, 2.05) is 7.11 Å². The first-order chi connectivity index (χ1) is 7.36.